The predicted octanol–water partition coefficient (Wildman–Crippen LogP) is 22.4. The maximum absolute atomic E-state index is 14.1. The summed E-state index contributed by atoms with van der Waals surface area (Å²) < 4.78 is 52.9. The summed E-state index contributed by atoms with van der Waals surface area (Å²) in [6.07, 6.45) is 20.7. The summed E-state index contributed by atoms with van der Waals surface area (Å²) in [6.45, 7) is 32.4. The second-order valence-electron chi connectivity index (χ2n) is 38.7. The lowest BCUT2D eigenvalue weighted by atomic mass is 9.96. The molecule has 5 aromatic carbocycles. The van der Waals surface area contributed by atoms with E-state index in [0.29, 0.717) is 102 Å². The second kappa shape index (κ2) is 48.7. The molecule has 15 aromatic rings. The van der Waals surface area contributed by atoms with Crippen molar-refractivity contribution in [3.63, 3.8) is 0 Å². The molecule has 6 amide bonds. The van der Waals surface area contributed by atoms with Crippen molar-refractivity contribution >= 4 is 63.9 Å². The normalized spacial score (nSPS) is 12.7. The predicted molar refractivity (Wildman–Crippen MR) is 567 cm³/mol. The molecule has 0 fully saturated rings. The molecule has 5 N–H and O–H groups in total. The van der Waals surface area contributed by atoms with Crippen LogP contribution in [0.1, 0.15) is 242 Å². The molecule has 20 rings (SSSR count). The minimum absolute atomic E-state index is 0.00300. The van der Waals surface area contributed by atoms with Crippen LogP contribution in [0.25, 0.3) is 78.9 Å². The van der Waals surface area contributed by atoms with Gasteiger partial charge in [0.15, 0.2) is 23.2 Å². The van der Waals surface area contributed by atoms with Crippen molar-refractivity contribution in [3.8, 4) is 85.0 Å². The van der Waals surface area contributed by atoms with Gasteiger partial charge in [-0.25, -0.2) is 34.3 Å². The number of nitrogens with zero attached hydrogens (tertiary/aromatic N) is 17. The Morgan fingerprint density at radius 2 is 0.892 bits per heavy atom. The molecule has 15 heterocycles. The van der Waals surface area contributed by atoms with Gasteiger partial charge in [0, 0.05) is 174 Å². The molecule has 5 aliphatic heterocycles. The first-order valence-corrected chi connectivity index (χ1v) is 48.9. The molecule has 0 bridgehead atoms. The maximum Gasteiger partial charge on any atom is 0.435 e. The van der Waals surface area contributed by atoms with Crippen molar-refractivity contribution in [2.24, 2.45) is 0 Å². The zero-order chi connectivity index (χ0) is 107. The minimum atomic E-state index is -4.49. The Labute approximate surface area is 858 Å². The summed E-state index contributed by atoms with van der Waals surface area (Å²) in [4.78, 5) is 130. The second-order valence-corrected chi connectivity index (χ2v) is 38.7. The number of nitrogens with one attached hydrogen (secondary N) is 5. The Hall–Kier alpha value is -16.8. The van der Waals surface area contributed by atoms with Gasteiger partial charge in [-0.2, -0.15) is 33.7 Å². The number of aromatic nitrogens is 15. The number of alkyl halides is 3. The van der Waals surface area contributed by atoms with E-state index in [1.165, 1.54) is 22.6 Å². The fraction of sp³-hybridized carbons (Fsp3) is 0.296. The molecular weight excluding hydrogens is 1880 g/mol. The highest BCUT2D eigenvalue weighted by Crippen LogP contribution is 2.41. The molecule has 0 unspecified atom stereocenters. The Balaban J connectivity index is 0.000000141. The van der Waals surface area contributed by atoms with Gasteiger partial charge in [-0.1, -0.05) is 184 Å². The van der Waals surface area contributed by atoms with Crippen LogP contribution in [0.3, 0.4) is 0 Å². The lowest BCUT2D eigenvalue weighted by Crippen LogP contribution is -2.27. The van der Waals surface area contributed by atoms with Gasteiger partial charge in [0.25, 0.3) is 0 Å². The van der Waals surface area contributed by atoms with Crippen LogP contribution in [0.15, 0.2) is 237 Å². The van der Waals surface area contributed by atoms with E-state index in [2.05, 4.69) is 185 Å². The molecule has 0 saturated heterocycles. The number of H-pyrrole nitrogens is 1. The van der Waals surface area contributed by atoms with Crippen LogP contribution in [0, 0.1) is 17.1 Å². The Bertz CT molecular complexity index is 7280. The number of amides is 6. The summed E-state index contributed by atoms with van der Waals surface area (Å²) in [5.41, 5.74) is 26.4. The molecule has 148 heavy (non-hydrogen) atoms. The van der Waals surface area contributed by atoms with Crippen molar-refractivity contribution in [3.05, 3.63) is 332 Å². The molecule has 29 nitrogen and oxygen atoms in total. The highest BCUT2D eigenvalue weighted by molar-refractivity contribution is 6.05. The highest BCUT2D eigenvalue weighted by Gasteiger charge is 2.36. The Morgan fingerprint density at radius 1 is 0.419 bits per heavy atom. The number of benzene rings is 5. The summed E-state index contributed by atoms with van der Waals surface area (Å²) in [7, 11) is 4.90. The molecule has 0 saturated carbocycles. The van der Waals surface area contributed by atoms with E-state index in [0.717, 1.165) is 151 Å². The summed E-state index contributed by atoms with van der Waals surface area (Å²) in [5.74, 6) is 3.92. The topological polar surface area (TPSA) is 386 Å². The van der Waals surface area contributed by atoms with Crippen LogP contribution in [0.2, 0.25) is 0 Å². The quantitative estimate of drug-likeness (QED) is 0.0529. The SMILES string of the molecule is CC(C)c1cc(C(F)(F)F)nn1CC(=O)N(C)C.CC(C)c1ccc(-c2cccc3c2CC(=O)N3)cn1.CC(C)c1ccc(-c2cccc3c2CC(=O)N3)nc1.CC(C)c1cnc(-c2cc[nH]c(=O)c2)nc1.CC(C)c1cnc(-c2cccc3c2CC(=O)N3)cc1C#N.CC(C)c1cnc(-c2cccc3c2CC(=O)N3C)nc1.CC(C)c1cnc(-c2ccnnc2)nc1.CC(C)c1ncc(-c2cccc3c2CC(=O)N3)cc1F. The number of nitriles is 1. The van der Waals surface area contributed by atoms with Crippen molar-refractivity contribution in [2.75, 3.05) is 47.3 Å². The first-order chi connectivity index (χ1) is 70.6. The van der Waals surface area contributed by atoms with Crippen molar-refractivity contribution in [2.45, 2.75) is 203 Å². The van der Waals surface area contributed by atoms with E-state index in [1.807, 2.05) is 174 Å². The number of hydrogen-bond acceptors (Lipinski definition) is 21. The Kier molecular flexibility index (Phi) is 35.7. The zero-order valence-corrected chi connectivity index (χ0v) is 86.3. The summed E-state index contributed by atoms with van der Waals surface area (Å²) in [5, 5.41) is 31.7. The van der Waals surface area contributed by atoms with Crippen LogP contribution in [-0.2, 0) is 73.6 Å². The van der Waals surface area contributed by atoms with Crippen molar-refractivity contribution in [1.82, 2.24) is 79.7 Å². The number of rotatable bonds is 17. The summed E-state index contributed by atoms with van der Waals surface area (Å²) in [6, 6.07) is 49.1. The van der Waals surface area contributed by atoms with Crippen LogP contribution in [0.5, 0.6) is 0 Å². The van der Waals surface area contributed by atoms with Gasteiger partial charge in [0.05, 0.1) is 73.2 Å². The van der Waals surface area contributed by atoms with Gasteiger partial charge in [-0.15, -0.1) is 0 Å². The number of carbonyl (C=O) groups is 6. The standard InChI is InChI=1S/C17H15N3O.C16H15FN2O.C16H17N3O.2C16H16N2O.C12H13N3O.C11H16F3N3O.C11H12N4/c1-10(2)14-9-19-16(6-11(14)8-18)12-4-3-5-15-13(12)7-17(21)20-15;1-9(2)16-13(17)6-10(8-18-16)11-4-3-5-14-12(11)7-15(20)19-14;1-10(2)11-8-17-16(18-9-11)12-5-4-6-14-13(12)7-15(20)19(14)3;1-10(2)14-7-6-11(9-17-14)12-4-3-5-15-13(12)8-16(19)18-15;1-10(2)11-6-7-14(17-9-11)12-4-3-5-15-13(12)8-16(19)18-15;1-8(2)10-6-14-12(15-7-10)9-3-4-13-11(16)5-9;1-7(2)8-5-9(11(12,13)14)15-17(8)6-10(18)16(3)4;1-8(2)10-5-12-11(13-6-10)9-3-4-14-15-7-9/h3-6,9-10H,7H2,1-2H3,(H,20,21);3-6,8-9H,7H2,1-2H3,(H,19,20);4-6,8-10H,7H2,1-3H3;2*3-7,9-10H,8H2,1-2H3,(H,18,19);3-8H,1-2H3,(H,13,16);5,7H,6H2,1-4H3;3-8H,1-2H3. The van der Waals surface area contributed by atoms with Gasteiger partial charge in [-0.3, -0.25) is 58.2 Å². The largest absolute Gasteiger partial charge is 0.435 e. The van der Waals surface area contributed by atoms with Crippen LogP contribution >= 0.6 is 0 Å². The molecule has 33 heteroatoms. The fourth-order valence-corrected chi connectivity index (χ4v) is 16.5. The van der Waals surface area contributed by atoms with E-state index < -0.39 is 11.9 Å². The lowest BCUT2D eigenvalue weighted by Gasteiger charge is -2.13. The van der Waals surface area contributed by atoms with Gasteiger partial charge in [0.1, 0.15) is 12.4 Å². The van der Waals surface area contributed by atoms with E-state index in [-0.39, 0.29) is 71.1 Å². The minimum Gasteiger partial charge on any atom is -0.347 e. The first kappa shape index (κ1) is 108. The zero-order valence-electron chi connectivity index (χ0n) is 86.3. The summed E-state index contributed by atoms with van der Waals surface area (Å²) >= 11 is 0. The number of anilines is 5. The molecule has 10 aromatic heterocycles. The monoisotopic (exact) mass is 2000 g/mol. The highest BCUT2D eigenvalue weighted by atomic mass is 19.4. The number of aromatic amines is 1. The third kappa shape index (κ3) is 27.2. The van der Waals surface area contributed by atoms with Crippen LogP contribution < -0.4 is 31.7 Å². The van der Waals surface area contributed by atoms with Crippen LogP contribution in [0.4, 0.5) is 46.0 Å². The first-order valence-electron chi connectivity index (χ1n) is 48.9. The number of halogens is 4. The molecule has 760 valence electrons. The molecule has 0 spiro atoms. The van der Waals surface area contributed by atoms with Gasteiger partial charge in [0.2, 0.25) is 41.0 Å². The van der Waals surface area contributed by atoms with Crippen molar-refractivity contribution < 1.29 is 46.3 Å². The fourth-order valence-electron chi connectivity index (χ4n) is 16.5. The van der Waals surface area contributed by atoms with Crippen molar-refractivity contribution in [1.29, 1.82) is 5.26 Å². The lowest BCUT2D eigenvalue weighted by molar-refractivity contribution is -0.142. The molecule has 0 atom stereocenters. The number of carbonyl (C=O) groups excluding carboxylic acids is 6. The third-order valence-corrected chi connectivity index (χ3v) is 25.1. The number of pyridine rings is 5. The van der Waals surface area contributed by atoms with E-state index in [1.54, 1.807) is 89.3 Å². The number of likely N-dealkylation sites (N-methyl/N-ethyl adjacent to an activating group) is 2. The van der Waals surface area contributed by atoms with Gasteiger partial charge in [-0.05, 0) is 187 Å². The average Bonchev–Trinajstić information content (AvgIpc) is 1.63. The molecule has 0 radical (unpaired) electrons. The molecular formula is C115H120F4N22O7. The molecule has 0 aliphatic carbocycles. The average molecular weight is 2000 g/mol. The molecule has 5 aliphatic rings. The van der Waals surface area contributed by atoms with Crippen LogP contribution in [-0.4, -0.2) is 136 Å². The van der Waals surface area contributed by atoms with Gasteiger partial charge < -0.3 is 36.1 Å². The van der Waals surface area contributed by atoms with E-state index >= 15 is 0 Å². The number of fused-ring (bicyclic) bond motifs is 5. The maximum atomic E-state index is 14.1. The van der Waals surface area contributed by atoms with E-state index in [9.17, 15) is 56.4 Å². The third-order valence-electron chi connectivity index (χ3n) is 25.1. The Morgan fingerprint density at radius 3 is 1.33 bits per heavy atom. The van der Waals surface area contributed by atoms with Gasteiger partial charge >= 0.3 is 6.18 Å². The number of hydrogen-bond donors (Lipinski definition) is 5. The van der Waals surface area contributed by atoms with E-state index in [4.69, 9.17) is 0 Å². The smallest absolute Gasteiger partial charge is 0.347 e.